The molecule has 23 heavy (non-hydrogen) atoms. The molecule has 1 aromatic heterocycles. The molecule has 1 atom stereocenters. The van der Waals surface area contributed by atoms with Crippen LogP contribution in [0.1, 0.15) is 29.9 Å². The second-order valence-corrected chi connectivity index (χ2v) is 5.25. The summed E-state index contributed by atoms with van der Waals surface area (Å²) in [6, 6.07) is 8.82. The van der Waals surface area contributed by atoms with E-state index in [0.29, 0.717) is 17.9 Å². The Kier molecular flexibility index (Phi) is 5.28. The van der Waals surface area contributed by atoms with E-state index in [4.69, 9.17) is 4.74 Å². The quantitative estimate of drug-likeness (QED) is 0.857. The van der Waals surface area contributed by atoms with E-state index in [0.717, 1.165) is 0 Å². The summed E-state index contributed by atoms with van der Waals surface area (Å²) >= 11 is 0. The fourth-order valence-corrected chi connectivity index (χ4v) is 2.08. The Morgan fingerprint density at radius 3 is 2.70 bits per heavy atom. The van der Waals surface area contributed by atoms with E-state index in [-0.39, 0.29) is 18.1 Å². The highest BCUT2D eigenvalue weighted by Crippen LogP contribution is 2.21. The fourth-order valence-electron chi connectivity index (χ4n) is 2.08. The third-order valence-corrected chi connectivity index (χ3v) is 3.34. The summed E-state index contributed by atoms with van der Waals surface area (Å²) in [5, 5.41) is 13.1. The summed E-state index contributed by atoms with van der Waals surface area (Å²) in [7, 11) is 0. The van der Waals surface area contributed by atoms with E-state index in [2.05, 4.69) is 10.3 Å². The Bertz CT molecular complexity index is 672. The van der Waals surface area contributed by atoms with Gasteiger partial charge in [0.1, 0.15) is 11.4 Å². The zero-order valence-corrected chi connectivity index (χ0v) is 13.0. The van der Waals surface area contributed by atoms with E-state index in [1.165, 1.54) is 30.5 Å². The fraction of sp³-hybridized carbons (Fsp3) is 0.294. The van der Waals surface area contributed by atoms with Crippen LogP contribution in [0.3, 0.4) is 0 Å². The number of carbonyl (C=O) groups excluding carboxylic acids is 1. The lowest BCUT2D eigenvalue weighted by atomic mass is 9.96. The highest BCUT2D eigenvalue weighted by molar-refractivity contribution is 5.94. The predicted octanol–water partition coefficient (Wildman–Crippen LogP) is 2.26. The second kappa shape index (κ2) is 7.19. The van der Waals surface area contributed by atoms with Gasteiger partial charge in [0, 0.05) is 6.20 Å². The third-order valence-electron chi connectivity index (χ3n) is 3.34. The summed E-state index contributed by atoms with van der Waals surface area (Å²) in [6.45, 7) is 3.73. The van der Waals surface area contributed by atoms with Crippen LogP contribution >= 0.6 is 0 Å². The molecule has 0 aliphatic heterocycles. The standard InChI is InChI=1S/C17H19FN2O3/c1-3-23-14-5-4-10-19-15(14)16(21)20-11-17(2,22)12-6-8-13(18)9-7-12/h4-10,22H,3,11H2,1-2H3,(H,20,21). The lowest BCUT2D eigenvalue weighted by Crippen LogP contribution is -2.39. The predicted molar refractivity (Wildman–Crippen MR) is 83.7 cm³/mol. The first-order valence-electron chi connectivity index (χ1n) is 7.28. The first kappa shape index (κ1) is 16.9. The van der Waals surface area contributed by atoms with Gasteiger partial charge in [-0.15, -0.1) is 0 Å². The highest BCUT2D eigenvalue weighted by atomic mass is 19.1. The monoisotopic (exact) mass is 318 g/mol. The SMILES string of the molecule is CCOc1cccnc1C(=O)NCC(C)(O)c1ccc(F)cc1. The van der Waals surface area contributed by atoms with Gasteiger partial charge in [0.05, 0.1) is 13.2 Å². The van der Waals surface area contributed by atoms with Crippen molar-refractivity contribution in [2.75, 3.05) is 13.2 Å². The van der Waals surface area contributed by atoms with E-state index in [9.17, 15) is 14.3 Å². The van der Waals surface area contributed by atoms with E-state index in [1.54, 1.807) is 19.1 Å². The van der Waals surface area contributed by atoms with Gasteiger partial charge in [-0.1, -0.05) is 12.1 Å². The zero-order valence-electron chi connectivity index (χ0n) is 13.0. The molecule has 1 unspecified atom stereocenters. The van der Waals surface area contributed by atoms with E-state index >= 15 is 0 Å². The van der Waals surface area contributed by atoms with Crippen molar-refractivity contribution in [3.05, 3.63) is 59.7 Å². The van der Waals surface area contributed by atoms with Crippen LogP contribution in [0.15, 0.2) is 42.6 Å². The largest absolute Gasteiger partial charge is 0.491 e. The lowest BCUT2D eigenvalue weighted by Gasteiger charge is -2.24. The molecule has 6 heteroatoms. The van der Waals surface area contributed by atoms with Crippen molar-refractivity contribution in [3.63, 3.8) is 0 Å². The van der Waals surface area contributed by atoms with Crippen molar-refractivity contribution >= 4 is 5.91 Å². The van der Waals surface area contributed by atoms with Crippen LogP contribution in [0.5, 0.6) is 5.75 Å². The molecule has 5 nitrogen and oxygen atoms in total. The maximum Gasteiger partial charge on any atom is 0.273 e. The smallest absolute Gasteiger partial charge is 0.273 e. The van der Waals surface area contributed by atoms with Crippen LogP contribution in [-0.4, -0.2) is 29.1 Å². The number of halogens is 1. The summed E-state index contributed by atoms with van der Waals surface area (Å²) < 4.78 is 18.3. The van der Waals surface area contributed by atoms with Gasteiger partial charge in [-0.05, 0) is 43.7 Å². The van der Waals surface area contributed by atoms with Gasteiger partial charge in [0.2, 0.25) is 0 Å². The van der Waals surface area contributed by atoms with Crippen molar-refractivity contribution in [1.82, 2.24) is 10.3 Å². The molecule has 0 aliphatic rings. The first-order valence-corrected chi connectivity index (χ1v) is 7.28. The summed E-state index contributed by atoms with van der Waals surface area (Å²) in [5.41, 5.74) is -0.668. The van der Waals surface area contributed by atoms with Gasteiger partial charge in [0.25, 0.3) is 5.91 Å². The molecule has 0 radical (unpaired) electrons. The van der Waals surface area contributed by atoms with Crippen molar-refractivity contribution in [3.8, 4) is 5.75 Å². The third kappa shape index (κ3) is 4.26. The number of amides is 1. The number of hydrogen-bond acceptors (Lipinski definition) is 4. The topological polar surface area (TPSA) is 71.5 Å². The summed E-state index contributed by atoms with van der Waals surface area (Å²) in [5.74, 6) is -0.450. The van der Waals surface area contributed by atoms with Crippen LogP contribution in [0, 0.1) is 5.82 Å². The Hall–Kier alpha value is -2.47. The molecule has 0 bridgehead atoms. The van der Waals surface area contributed by atoms with Gasteiger partial charge >= 0.3 is 0 Å². The number of pyridine rings is 1. The molecule has 0 spiro atoms. The number of carbonyl (C=O) groups is 1. The molecule has 122 valence electrons. The minimum absolute atomic E-state index is 0.0421. The molecule has 1 heterocycles. The zero-order chi connectivity index (χ0) is 16.9. The van der Waals surface area contributed by atoms with Crippen molar-refractivity contribution in [2.24, 2.45) is 0 Å². The van der Waals surface area contributed by atoms with Gasteiger partial charge in [-0.2, -0.15) is 0 Å². The maximum absolute atomic E-state index is 13.0. The Labute approximate surface area is 134 Å². The molecule has 1 amide bonds. The molecule has 2 aromatic rings. The summed E-state index contributed by atoms with van der Waals surface area (Å²) in [4.78, 5) is 16.3. The Morgan fingerprint density at radius 2 is 2.04 bits per heavy atom. The van der Waals surface area contributed by atoms with E-state index in [1.807, 2.05) is 6.92 Å². The number of nitrogens with one attached hydrogen (secondary N) is 1. The van der Waals surface area contributed by atoms with Crippen molar-refractivity contribution in [1.29, 1.82) is 0 Å². The number of benzene rings is 1. The highest BCUT2D eigenvalue weighted by Gasteiger charge is 2.25. The molecule has 0 saturated heterocycles. The minimum atomic E-state index is -1.33. The molecular formula is C17H19FN2O3. The number of aliphatic hydroxyl groups is 1. The van der Waals surface area contributed by atoms with Crippen molar-refractivity contribution < 1.29 is 19.0 Å². The lowest BCUT2D eigenvalue weighted by molar-refractivity contribution is 0.0523. The molecule has 1 aromatic carbocycles. The summed E-state index contributed by atoms with van der Waals surface area (Å²) in [6.07, 6.45) is 1.50. The normalized spacial score (nSPS) is 13.2. The van der Waals surface area contributed by atoms with Crippen LogP contribution < -0.4 is 10.1 Å². The molecular weight excluding hydrogens is 299 g/mol. The van der Waals surface area contributed by atoms with Gasteiger partial charge in [0.15, 0.2) is 11.4 Å². The van der Waals surface area contributed by atoms with Crippen LogP contribution in [0.2, 0.25) is 0 Å². The molecule has 0 fully saturated rings. The molecule has 0 aliphatic carbocycles. The number of aromatic nitrogens is 1. The molecule has 0 saturated carbocycles. The van der Waals surface area contributed by atoms with Crippen LogP contribution in [-0.2, 0) is 5.60 Å². The number of hydrogen-bond donors (Lipinski definition) is 2. The average Bonchev–Trinajstić information content (AvgIpc) is 2.54. The molecule has 2 rings (SSSR count). The van der Waals surface area contributed by atoms with Gasteiger partial charge in [-0.25, -0.2) is 9.37 Å². The number of nitrogens with zero attached hydrogens (tertiary/aromatic N) is 1. The van der Waals surface area contributed by atoms with E-state index < -0.39 is 11.5 Å². The minimum Gasteiger partial charge on any atom is -0.491 e. The molecule has 2 N–H and O–H groups in total. The Morgan fingerprint density at radius 1 is 1.35 bits per heavy atom. The van der Waals surface area contributed by atoms with Gasteiger partial charge in [-0.3, -0.25) is 4.79 Å². The van der Waals surface area contributed by atoms with Crippen molar-refractivity contribution in [2.45, 2.75) is 19.4 Å². The Balaban J connectivity index is 2.07. The van der Waals surface area contributed by atoms with Crippen LogP contribution in [0.4, 0.5) is 4.39 Å². The first-order chi connectivity index (χ1) is 10.9. The van der Waals surface area contributed by atoms with Crippen LogP contribution in [0.25, 0.3) is 0 Å². The number of rotatable bonds is 6. The number of ether oxygens (including phenoxy) is 1. The maximum atomic E-state index is 13.0. The second-order valence-electron chi connectivity index (χ2n) is 5.25. The van der Waals surface area contributed by atoms with Gasteiger partial charge < -0.3 is 15.2 Å². The average molecular weight is 318 g/mol.